The largest absolute Gasteiger partial charge is 0.392 e. The number of aliphatic hydroxyl groups excluding tert-OH is 1. The molecule has 2 fully saturated rings. The molecule has 14 heavy (non-hydrogen) atoms. The normalized spacial score (nSPS) is 37.7. The summed E-state index contributed by atoms with van der Waals surface area (Å²) in [5, 5.41) is 13.4. The summed E-state index contributed by atoms with van der Waals surface area (Å²) in [5.74, 6) is 0.925. The van der Waals surface area contributed by atoms with Crippen molar-refractivity contribution in [3.05, 3.63) is 0 Å². The summed E-state index contributed by atoms with van der Waals surface area (Å²) in [5.41, 5.74) is 0.0856. The van der Waals surface area contributed by atoms with Gasteiger partial charge in [0.1, 0.15) is 0 Å². The topological polar surface area (TPSA) is 32.3 Å². The Labute approximate surface area is 87.1 Å². The van der Waals surface area contributed by atoms with Crippen molar-refractivity contribution in [2.75, 3.05) is 0 Å². The third-order valence-corrected chi connectivity index (χ3v) is 4.26. The third-order valence-electron chi connectivity index (χ3n) is 4.26. The van der Waals surface area contributed by atoms with E-state index in [1.165, 1.54) is 19.3 Å². The first-order valence-electron chi connectivity index (χ1n) is 5.99. The maximum Gasteiger partial charge on any atom is 0.0621 e. The minimum absolute atomic E-state index is 0.0856. The molecule has 2 heteroatoms. The maximum absolute atomic E-state index is 9.65. The van der Waals surface area contributed by atoms with Crippen LogP contribution in [0.2, 0.25) is 0 Å². The number of aliphatic hydroxyl groups is 1. The van der Waals surface area contributed by atoms with Gasteiger partial charge in [-0.3, -0.25) is 0 Å². The van der Waals surface area contributed by atoms with Gasteiger partial charge in [-0.25, -0.2) is 0 Å². The highest BCUT2D eigenvalue weighted by Crippen LogP contribution is 2.42. The molecule has 0 aromatic heterocycles. The van der Waals surface area contributed by atoms with Gasteiger partial charge in [0.05, 0.1) is 6.10 Å². The van der Waals surface area contributed by atoms with E-state index in [1.807, 2.05) is 0 Å². The summed E-state index contributed by atoms with van der Waals surface area (Å²) in [6.07, 6.45) is 4.88. The Morgan fingerprint density at radius 2 is 2.07 bits per heavy atom. The number of hydrogen-bond acceptors (Lipinski definition) is 2. The molecule has 0 heterocycles. The third kappa shape index (κ3) is 1.70. The zero-order valence-electron chi connectivity index (χ0n) is 9.59. The van der Waals surface area contributed by atoms with Gasteiger partial charge in [-0.05, 0) is 31.6 Å². The zero-order chi connectivity index (χ0) is 10.3. The van der Waals surface area contributed by atoms with Crippen molar-refractivity contribution in [3.63, 3.8) is 0 Å². The lowest BCUT2D eigenvalue weighted by molar-refractivity contribution is -0.0767. The van der Waals surface area contributed by atoms with Crippen molar-refractivity contribution in [3.8, 4) is 0 Å². The molecule has 2 N–H and O–H groups in total. The quantitative estimate of drug-likeness (QED) is 0.721. The van der Waals surface area contributed by atoms with Gasteiger partial charge in [0, 0.05) is 17.5 Å². The molecule has 3 unspecified atom stereocenters. The molecule has 0 aromatic carbocycles. The van der Waals surface area contributed by atoms with Crippen LogP contribution >= 0.6 is 0 Å². The Bertz CT molecular complexity index is 210. The lowest BCUT2D eigenvalue weighted by Gasteiger charge is -2.51. The van der Waals surface area contributed by atoms with Crippen molar-refractivity contribution in [1.29, 1.82) is 0 Å². The molecule has 2 saturated carbocycles. The van der Waals surface area contributed by atoms with E-state index < -0.39 is 0 Å². The van der Waals surface area contributed by atoms with Gasteiger partial charge >= 0.3 is 0 Å². The molecule has 3 atom stereocenters. The molecule has 2 aliphatic rings. The molecule has 2 aliphatic carbocycles. The van der Waals surface area contributed by atoms with Crippen molar-refractivity contribution in [2.45, 2.75) is 64.6 Å². The molecule has 82 valence electrons. The van der Waals surface area contributed by atoms with Crippen LogP contribution < -0.4 is 5.32 Å². The Morgan fingerprint density at radius 3 is 2.43 bits per heavy atom. The fourth-order valence-corrected chi connectivity index (χ4v) is 2.53. The van der Waals surface area contributed by atoms with Gasteiger partial charge in [-0.15, -0.1) is 0 Å². The minimum Gasteiger partial charge on any atom is -0.392 e. The number of nitrogens with one attached hydrogen (secondary N) is 1. The summed E-state index contributed by atoms with van der Waals surface area (Å²) in [4.78, 5) is 0. The van der Waals surface area contributed by atoms with Gasteiger partial charge < -0.3 is 10.4 Å². The van der Waals surface area contributed by atoms with Crippen molar-refractivity contribution >= 4 is 0 Å². The summed E-state index contributed by atoms with van der Waals surface area (Å²) in [6.45, 7) is 6.59. The van der Waals surface area contributed by atoms with E-state index >= 15 is 0 Å². The first kappa shape index (κ1) is 10.4. The van der Waals surface area contributed by atoms with Crippen LogP contribution in [0.15, 0.2) is 0 Å². The van der Waals surface area contributed by atoms with E-state index in [-0.39, 0.29) is 11.5 Å². The van der Waals surface area contributed by atoms with E-state index in [9.17, 15) is 5.11 Å². The Hall–Kier alpha value is -0.0800. The van der Waals surface area contributed by atoms with Crippen molar-refractivity contribution < 1.29 is 5.11 Å². The van der Waals surface area contributed by atoms with Crippen molar-refractivity contribution in [2.24, 2.45) is 11.3 Å². The van der Waals surface area contributed by atoms with Gasteiger partial charge in [0.15, 0.2) is 0 Å². The van der Waals surface area contributed by atoms with Crippen LogP contribution in [0.25, 0.3) is 0 Å². The van der Waals surface area contributed by atoms with E-state index in [4.69, 9.17) is 0 Å². The van der Waals surface area contributed by atoms with Crippen LogP contribution in [0.3, 0.4) is 0 Å². The lowest BCUT2D eigenvalue weighted by Crippen LogP contribution is -2.62. The van der Waals surface area contributed by atoms with Crippen LogP contribution in [-0.4, -0.2) is 23.3 Å². The Balaban J connectivity index is 1.85. The predicted octanol–water partition coefficient (Wildman–Crippen LogP) is 1.92. The molecule has 0 spiro atoms. The zero-order valence-corrected chi connectivity index (χ0v) is 9.59. The Morgan fingerprint density at radius 1 is 1.43 bits per heavy atom. The molecule has 0 saturated heterocycles. The summed E-state index contributed by atoms with van der Waals surface area (Å²) >= 11 is 0. The second-order valence-corrected chi connectivity index (χ2v) is 5.64. The molecular weight excluding hydrogens is 174 g/mol. The molecule has 2 rings (SSSR count). The molecule has 0 bridgehead atoms. The number of hydrogen-bond donors (Lipinski definition) is 2. The van der Waals surface area contributed by atoms with Gasteiger partial charge in [-0.2, -0.15) is 0 Å². The van der Waals surface area contributed by atoms with Crippen LogP contribution in [0.5, 0.6) is 0 Å². The van der Waals surface area contributed by atoms with E-state index in [1.54, 1.807) is 0 Å². The fourth-order valence-electron chi connectivity index (χ4n) is 2.53. The summed E-state index contributed by atoms with van der Waals surface area (Å²) in [6, 6.07) is 1.23. The molecular formula is C12H23NO. The highest BCUT2D eigenvalue weighted by molar-refractivity contribution is 5.03. The van der Waals surface area contributed by atoms with Gasteiger partial charge in [0.2, 0.25) is 0 Å². The minimum atomic E-state index is -0.100. The first-order valence-corrected chi connectivity index (χ1v) is 5.99. The van der Waals surface area contributed by atoms with Crippen LogP contribution in [0, 0.1) is 11.3 Å². The van der Waals surface area contributed by atoms with Crippen molar-refractivity contribution in [1.82, 2.24) is 5.32 Å². The van der Waals surface area contributed by atoms with E-state index in [0.29, 0.717) is 12.1 Å². The average Bonchev–Trinajstić information content (AvgIpc) is 2.95. The molecule has 0 radical (unpaired) electrons. The summed E-state index contributed by atoms with van der Waals surface area (Å²) in [7, 11) is 0. The van der Waals surface area contributed by atoms with E-state index in [2.05, 4.69) is 26.1 Å². The highest BCUT2D eigenvalue weighted by Gasteiger charge is 2.48. The van der Waals surface area contributed by atoms with Crippen LogP contribution in [0.4, 0.5) is 0 Å². The molecule has 2 nitrogen and oxygen atoms in total. The second-order valence-electron chi connectivity index (χ2n) is 5.64. The Kier molecular flexibility index (Phi) is 2.61. The highest BCUT2D eigenvalue weighted by atomic mass is 16.3. The SMILES string of the molecule is CCC(NC1CC(O)C1(C)C)C1CC1. The monoisotopic (exact) mass is 197 g/mol. The standard InChI is InChI=1S/C12H23NO/c1-4-9(8-5-6-8)13-10-7-11(14)12(10,2)3/h8-11,13-14H,4-7H2,1-3H3. The molecule has 0 amide bonds. The smallest absolute Gasteiger partial charge is 0.0621 e. The first-order chi connectivity index (χ1) is 6.55. The van der Waals surface area contributed by atoms with E-state index in [0.717, 1.165) is 12.3 Å². The second kappa shape index (κ2) is 3.49. The molecule has 0 aliphatic heterocycles. The van der Waals surface area contributed by atoms with Gasteiger partial charge in [0.25, 0.3) is 0 Å². The summed E-state index contributed by atoms with van der Waals surface area (Å²) < 4.78 is 0. The number of rotatable bonds is 4. The fraction of sp³-hybridized carbons (Fsp3) is 1.00. The average molecular weight is 197 g/mol. The predicted molar refractivity (Wildman–Crippen MR) is 58.1 cm³/mol. The molecule has 0 aromatic rings. The maximum atomic E-state index is 9.65. The van der Waals surface area contributed by atoms with Gasteiger partial charge in [-0.1, -0.05) is 20.8 Å². The lowest BCUT2D eigenvalue weighted by atomic mass is 9.64. The van der Waals surface area contributed by atoms with Crippen LogP contribution in [-0.2, 0) is 0 Å². The van der Waals surface area contributed by atoms with Crippen LogP contribution in [0.1, 0.15) is 46.5 Å².